The molecule has 1 heterocycles. The lowest BCUT2D eigenvalue weighted by Gasteiger charge is -2.09. The molecule has 0 aliphatic heterocycles. The van der Waals surface area contributed by atoms with Crippen LogP contribution in [0.25, 0.3) is 11.0 Å². The van der Waals surface area contributed by atoms with Crippen molar-refractivity contribution in [2.24, 2.45) is 12.8 Å². The second-order valence-corrected chi connectivity index (χ2v) is 3.97. The Bertz CT molecular complexity index is 626. The van der Waals surface area contributed by atoms with Gasteiger partial charge in [0, 0.05) is 13.1 Å². The van der Waals surface area contributed by atoms with E-state index in [1.165, 1.54) is 4.57 Å². The van der Waals surface area contributed by atoms with E-state index in [1.54, 1.807) is 25.2 Å². The third-order valence-electron chi connectivity index (χ3n) is 2.75. The van der Waals surface area contributed by atoms with E-state index in [4.69, 9.17) is 10.8 Å². The van der Waals surface area contributed by atoms with Gasteiger partial charge in [0.1, 0.15) is 0 Å². The molecule has 0 bridgehead atoms. The Balaban J connectivity index is 2.44. The van der Waals surface area contributed by atoms with Crippen LogP contribution in [0.3, 0.4) is 0 Å². The zero-order chi connectivity index (χ0) is 12.6. The number of fused-ring (bicyclic) bond motifs is 1. The van der Waals surface area contributed by atoms with Crippen molar-refractivity contribution in [3.05, 3.63) is 34.2 Å². The molecule has 1 unspecified atom stereocenters. The van der Waals surface area contributed by atoms with E-state index in [1.807, 2.05) is 0 Å². The zero-order valence-corrected chi connectivity index (χ0v) is 9.30. The van der Waals surface area contributed by atoms with Crippen molar-refractivity contribution < 1.29 is 9.90 Å². The molecular formula is C11H13N3O3. The van der Waals surface area contributed by atoms with Gasteiger partial charge in [-0.3, -0.25) is 9.36 Å². The first kappa shape index (κ1) is 11.4. The lowest BCUT2D eigenvalue weighted by molar-refractivity contribution is -0.137. The fraction of sp³-hybridized carbons (Fsp3) is 0.273. The summed E-state index contributed by atoms with van der Waals surface area (Å²) in [4.78, 5) is 24.6. The summed E-state index contributed by atoms with van der Waals surface area (Å²) in [6.45, 7) is 0. The molecule has 0 fully saturated rings. The predicted octanol–water partition coefficient (Wildman–Crippen LogP) is 0.341. The first-order valence-electron chi connectivity index (χ1n) is 5.15. The number of imidazole rings is 1. The van der Waals surface area contributed by atoms with Crippen molar-refractivity contribution >= 4 is 17.0 Å². The second kappa shape index (κ2) is 4.06. The highest BCUT2D eigenvalue weighted by molar-refractivity contribution is 5.76. The summed E-state index contributed by atoms with van der Waals surface area (Å²) in [6.07, 6.45) is -0.136. The zero-order valence-electron chi connectivity index (χ0n) is 9.30. The number of benzene rings is 1. The van der Waals surface area contributed by atoms with Crippen LogP contribution in [-0.2, 0) is 11.8 Å². The number of carboxylic acids is 1. The topological polar surface area (TPSA) is 101 Å². The molecule has 1 aromatic heterocycles. The maximum atomic E-state index is 11.4. The van der Waals surface area contributed by atoms with E-state index >= 15 is 0 Å². The maximum absolute atomic E-state index is 11.4. The summed E-state index contributed by atoms with van der Waals surface area (Å²) in [5.41, 5.74) is 7.67. The molecule has 0 radical (unpaired) electrons. The number of hydrogen-bond acceptors (Lipinski definition) is 3. The number of nitrogens with zero attached hydrogens (tertiary/aromatic N) is 1. The molecule has 17 heavy (non-hydrogen) atoms. The number of carbonyl (C=O) groups is 1. The normalized spacial score (nSPS) is 12.8. The van der Waals surface area contributed by atoms with Gasteiger partial charge in [-0.25, -0.2) is 4.79 Å². The van der Waals surface area contributed by atoms with Crippen LogP contribution in [0.15, 0.2) is 23.0 Å². The smallest absolute Gasteiger partial charge is 0.326 e. The number of nitrogens with two attached hydrogens (primary N) is 1. The number of H-pyrrole nitrogens is 1. The number of aromatic amines is 1. The Morgan fingerprint density at radius 2 is 2.29 bits per heavy atom. The molecule has 1 aromatic carbocycles. The van der Waals surface area contributed by atoms with E-state index < -0.39 is 12.0 Å². The van der Waals surface area contributed by atoms with Crippen LogP contribution in [-0.4, -0.2) is 20.6 Å². The van der Waals surface area contributed by atoms with Gasteiger partial charge >= 0.3 is 11.7 Å². The Morgan fingerprint density at radius 3 is 2.94 bits per heavy atom. The number of aromatic nitrogens is 2. The van der Waals surface area contributed by atoms with E-state index in [0.29, 0.717) is 11.1 Å². The van der Waals surface area contributed by atoms with Crippen LogP contribution in [0, 0.1) is 0 Å². The van der Waals surface area contributed by atoms with Crippen LogP contribution in [0.5, 0.6) is 0 Å². The number of aliphatic carboxylic acids is 1. The molecule has 6 heteroatoms. The molecule has 1 atom stereocenters. The number of hydrogen-bond donors (Lipinski definition) is 3. The largest absolute Gasteiger partial charge is 0.481 e. The van der Waals surface area contributed by atoms with E-state index in [2.05, 4.69) is 4.98 Å². The average Bonchev–Trinajstić information content (AvgIpc) is 2.53. The van der Waals surface area contributed by atoms with Gasteiger partial charge in [0.25, 0.3) is 0 Å². The Hall–Kier alpha value is -2.08. The summed E-state index contributed by atoms with van der Waals surface area (Å²) in [6, 6.07) is 4.64. The molecule has 0 aliphatic carbocycles. The van der Waals surface area contributed by atoms with Crippen molar-refractivity contribution in [2.45, 2.75) is 12.5 Å². The Labute approximate surface area is 96.7 Å². The monoisotopic (exact) mass is 235 g/mol. The number of carboxylic acid groups (broad SMARTS) is 1. The Kier molecular flexibility index (Phi) is 2.72. The molecule has 0 saturated carbocycles. The van der Waals surface area contributed by atoms with Crippen molar-refractivity contribution in [2.75, 3.05) is 0 Å². The van der Waals surface area contributed by atoms with Gasteiger partial charge in [-0.15, -0.1) is 0 Å². The van der Waals surface area contributed by atoms with Gasteiger partial charge in [0.05, 0.1) is 17.5 Å². The minimum absolute atomic E-state index is 0.136. The lowest BCUT2D eigenvalue weighted by Crippen LogP contribution is -2.14. The first-order valence-corrected chi connectivity index (χ1v) is 5.15. The predicted molar refractivity (Wildman–Crippen MR) is 62.7 cm³/mol. The minimum Gasteiger partial charge on any atom is -0.481 e. The van der Waals surface area contributed by atoms with Crippen LogP contribution in [0.4, 0.5) is 0 Å². The molecule has 0 spiro atoms. The van der Waals surface area contributed by atoms with Gasteiger partial charge in [0.15, 0.2) is 0 Å². The third kappa shape index (κ3) is 2.07. The van der Waals surface area contributed by atoms with Gasteiger partial charge < -0.3 is 15.8 Å². The number of aryl methyl sites for hydroxylation is 1. The molecular weight excluding hydrogens is 222 g/mol. The molecule has 0 saturated heterocycles. The van der Waals surface area contributed by atoms with E-state index in [9.17, 15) is 9.59 Å². The van der Waals surface area contributed by atoms with Crippen LogP contribution < -0.4 is 11.4 Å². The van der Waals surface area contributed by atoms with Gasteiger partial charge in [-0.2, -0.15) is 0 Å². The van der Waals surface area contributed by atoms with Gasteiger partial charge in [0.2, 0.25) is 0 Å². The summed E-state index contributed by atoms with van der Waals surface area (Å²) < 4.78 is 1.49. The quantitative estimate of drug-likeness (QED) is 0.714. The fourth-order valence-electron chi connectivity index (χ4n) is 1.79. The van der Waals surface area contributed by atoms with E-state index in [-0.39, 0.29) is 12.1 Å². The molecule has 2 rings (SSSR count). The SMILES string of the molecule is Cn1c(=O)[nH]c2cc(C(N)CC(=O)O)ccc21. The average molecular weight is 235 g/mol. The van der Waals surface area contributed by atoms with Gasteiger partial charge in [-0.05, 0) is 17.7 Å². The van der Waals surface area contributed by atoms with E-state index in [0.717, 1.165) is 5.52 Å². The molecule has 4 N–H and O–H groups in total. The van der Waals surface area contributed by atoms with Crippen LogP contribution >= 0.6 is 0 Å². The molecule has 0 amide bonds. The van der Waals surface area contributed by atoms with Crippen LogP contribution in [0.2, 0.25) is 0 Å². The summed E-state index contributed by atoms with van der Waals surface area (Å²) in [5.74, 6) is -0.945. The third-order valence-corrected chi connectivity index (χ3v) is 2.75. The fourth-order valence-corrected chi connectivity index (χ4v) is 1.79. The van der Waals surface area contributed by atoms with Crippen LogP contribution in [0.1, 0.15) is 18.0 Å². The van der Waals surface area contributed by atoms with Crippen molar-refractivity contribution in [3.8, 4) is 0 Å². The highest BCUT2D eigenvalue weighted by atomic mass is 16.4. The maximum Gasteiger partial charge on any atom is 0.326 e. The number of nitrogens with one attached hydrogen (secondary N) is 1. The molecule has 6 nitrogen and oxygen atoms in total. The highest BCUT2D eigenvalue weighted by Gasteiger charge is 2.12. The summed E-state index contributed by atoms with van der Waals surface area (Å²) >= 11 is 0. The van der Waals surface area contributed by atoms with Crippen molar-refractivity contribution in [1.29, 1.82) is 0 Å². The standard InChI is InChI=1S/C11H13N3O3/c1-14-9-3-2-6(7(12)5-10(15)16)4-8(9)13-11(14)17/h2-4,7H,5,12H2,1H3,(H,13,17)(H,15,16). The second-order valence-electron chi connectivity index (χ2n) is 3.97. The molecule has 0 aliphatic rings. The summed E-state index contributed by atoms with van der Waals surface area (Å²) in [5, 5.41) is 8.66. The Morgan fingerprint density at radius 1 is 1.59 bits per heavy atom. The van der Waals surface area contributed by atoms with Gasteiger partial charge in [-0.1, -0.05) is 6.07 Å². The number of rotatable bonds is 3. The minimum atomic E-state index is -0.945. The summed E-state index contributed by atoms with van der Waals surface area (Å²) in [7, 11) is 1.66. The highest BCUT2D eigenvalue weighted by Crippen LogP contribution is 2.18. The molecule has 2 aromatic rings. The lowest BCUT2D eigenvalue weighted by atomic mass is 10.0. The van der Waals surface area contributed by atoms with Crippen molar-refractivity contribution in [3.63, 3.8) is 0 Å². The molecule has 90 valence electrons. The first-order chi connectivity index (χ1) is 7.99. The van der Waals surface area contributed by atoms with Crippen molar-refractivity contribution in [1.82, 2.24) is 9.55 Å².